The van der Waals surface area contributed by atoms with Crippen molar-refractivity contribution in [3.63, 3.8) is 0 Å². The molecule has 0 bridgehead atoms. The fourth-order valence-corrected chi connectivity index (χ4v) is 3.49. The molecule has 1 aliphatic heterocycles. The Morgan fingerprint density at radius 2 is 1.88 bits per heavy atom. The number of nitrogens with zero attached hydrogens (tertiary/aromatic N) is 4. The zero-order valence-corrected chi connectivity index (χ0v) is 15.3. The van der Waals surface area contributed by atoms with E-state index in [-0.39, 0.29) is 5.91 Å². The molecule has 3 heterocycles. The summed E-state index contributed by atoms with van der Waals surface area (Å²) in [6.45, 7) is 4.76. The molecule has 1 fully saturated rings. The zero-order valence-electron chi connectivity index (χ0n) is 14.5. The lowest BCUT2D eigenvalue weighted by Crippen LogP contribution is -2.49. The Hall–Kier alpha value is -2.66. The molecule has 5 nitrogen and oxygen atoms in total. The van der Waals surface area contributed by atoms with Gasteiger partial charge in [-0.05, 0) is 43.3 Å². The number of aromatic nitrogens is 2. The zero-order chi connectivity index (χ0) is 18.1. The predicted octanol–water partition coefficient (Wildman–Crippen LogP) is 3.55. The molecule has 0 aliphatic carbocycles. The van der Waals surface area contributed by atoms with E-state index in [1.54, 1.807) is 6.20 Å². The van der Waals surface area contributed by atoms with Crippen molar-refractivity contribution in [2.24, 2.45) is 0 Å². The normalized spacial score (nSPS) is 14.7. The van der Waals surface area contributed by atoms with Crippen molar-refractivity contribution in [1.82, 2.24) is 14.9 Å². The fraction of sp³-hybridized carbons (Fsp3) is 0.250. The maximum absolute atomic E-state index is 13.0. The van der Waals surface area contributed by atoms with Gasteiger partial charge in [0.1, 0.15) is 5.82 Å². The van der Waals surface area contributed by atoms with E-state index < -0.39 is 0 Å². The van der Waals surface area contributed by atoms with Crippen LogP contribution >= 0.6 is 11.6 Å². The van der Waals surface area contributed by atoms with Crippen molar-refractivity contribution >= 4 is 34.2 Å². The van der Waals surface area contributed by atoms with Gasteiger partial charge < -0.3 is 9.80 Å². The molecule has 0 N–H and O–H groups in total. The number of amides is 1. The van der Waals surface area contributed by atoms with Crippen LogP contribution in [0.5, 0.6) is 0 Å². The van der Waals surface area contributed by atoms with Crippen molar-refractivity contribution in [2.75, 3.05) is 31.1 Å². The first kappa shape index (κ1) is 16.8. The molecule has 0 radical (unpaired) electrons. The second-order valence-electron chi connectivity index (χ2n) is 6.43. The summed E-state index contributed by atoms with van der Waals surface area (Å²) >= 11 is 6.08. The molecular weight excluding hydrogens is 348 g/mol. The topological polar surface area (TPSA) is 49.3 Å². The highest BCUT2D eigenvalue weighted by atomic mass is 35.5. The number of hydrogen-bond donors (Lipinski definition) is 0. The molecule has 26 heavy (non-hydrogen) atoms. The quantitative estimate of drug-likeness (QED) is 0.696. The number of carbonyl (C=O) groups is 1. The third-order valence-electron chi connectivity index (χ3n) is 4.74. The van der Waals surface area contributed by atoms with Crippen LogP contribution in [0.1, 0.15) is 16.1 Å². The Morgan fingerprint density at radius 1 is 1.08 bits per heavy atom. The first-order valence-electron chi connectivity index (χ1n) is 8.64. The van der Waals surface area contributed by atoms with Crippen LogP contribution in [0.25, 0.3) is 10.9 Å². The first-order chi connectivity index (χ1) is 12.6. The van der Waals surface area contributed by atoms with Crippen LogP contribution < -0.4 is 4.90 Å². The summed E-state index contributed by atoms with van der Waals surface area (Å²) in [5.74, 6) is 0.982. The molecule has 6 heteroatoms. The number of benzene rings is 1. The number of fused-ring (bicyclic) bond motifs is 1. The Bertz CT molecular complexity index is 953. The summed E-state index contributed by atoms with van der Waals surface area (Å²) in [7, 11) is 0. The molecule has 1 aromatic carbocycles. The molecule has 1 saturated heterocycles. The van der Waals surface area contributed by atoms with Gasteiger partial charge >= 0.3 is 0 Å². The lowest BCUT2D eigenvalue weighted by molar-refractivity contribution is 0.0745. The second-order valence-corrected chi connectivity index (χ2v) is 6.86. The van der Waals surface area contributed by atoms with Crippen LogP contribution in [-0.2, 0) is 0 Å². The minimum atomic E-state index is 0.0255. The van der Waals surface area contributed by atoms with Gasteiger partial charge in [-0.3, -0.25) is 9.78 Å². The SMILES string of the molecule is Cc1nc2ccc(Cl)cc2cc1C(=O)N1CCN(c2ccccn2)CC1. The van der Waals surface area contributed by atoms with Crippen LogP contribution in [0, 0.1) is 6.92 Å². The van der Waals surface area contributed by atoms with E-state index in [1.165, 1.54) is 0 Å². The van der Waals surface area contributed by atoms with E-state index in [4.69, 9.17) is 11.6 Å². The van der Waals surface area contributed by atoms with Crippen LogP contribution in [-0.4, -0.2) is 47.0 Å². The van der Waals surface area contributed by atoms with Crippen molar-refractivity contribution in [3.05, 3.63) is 64.9 Å². The van der Waals surface area contributed by atoms with Crippen LogP contribution in [0.4, 0.5) is 5.82 Å². The molecule has 0 unspecified atom stereocenters. The summed E-state index contributed by atoms with van der Waals surface area (Å²) in [5, 5.41) is 1.53. The first-order valence-corrected chi connectivity index (χ1v) is 9.02. The summed E-state index contributed by atoms with van der Waals surface area (Å²) in [6.07, 6.45) is 1.79. The lowest BCUT2D eigenvalue weighted by atomic mass is 10.1. The van der Waals surface area contributed by atoms with Gasteiger partial charge in [0.05, 0.1) is 16.8 Å². The van der Waals surface area contributed by atoms with Gasteiger partial charge in [-0.15, -0.1) is 0 Å². The Balaban J connectivity index is 1.53. The average Bonchev–Trinajstić information content (AvgIpc) is 2.68. The Labute approximate surface area is 157 Å². The minimum Gasteiger partial charge on any atom is -0.353 e. The molecule has 1 amide bonds. The van der Waals surface area contributed by atoms with Crippen molar-refractivity contribution in [1.29, 1.82) is 0 Å². The number of rotatable bonds is 2. The molecule has 132 valence electrons. The standard InChI is InChI=1S/C20H19ClN4O/c1-14-17(13-15-12-16(21)5-6-18(15)23-14)20(26)25-10-8-24(9-11-25)19-4-2-3-7-22-19/h2-7,12-13H,8-11H2,1H3. The summed E-state index contributed by atoms with van der Waals surface area (Å²) < 4.78 is 0. The smallest absolute Gasteiger partial charge is 0.255 e. The lowest BCUT2D eigenvalue weighted by Gasteiger charge is -2.35. The predicted molar refractivity (Wildman–Crippen MR) is 104 cm³/mol. The molecule has 3 aromatic rings. The summed E-state index contributed by atoms with van der Waals surface area (Å²) in [6, 6.07) is 13.3. The molecule has 2 aromatic heterocycles. The number of halogens is 1. The Kier molecular flexibility index (Phi) is 4.47. The van der Waals surface area contributed by atoms with E-state index in [9.17, 15) is 4.79 Å². The van der Waals surface area contributed by atoms with Gasteiger partial charge in [-0.1, -0.05) is 17.7 Å². The molecule has 1 aliphatic rings. The molecule has 0 spiro atoms. The number of hydrogen-bond acceptors (Lipinski definition) is 4. The third-order valence-corrected chi connectivity index (χ3v) is 4.97. The van der Waals surface area contributed by atoms with Gasteiger partial charge in [-0.25, -0.2) is 4.98 Å². The van der Waals surface area contributed by atoms with Crippen LogP contribution in [0.2, 0.25) is 5.02 Å². The fourth-order valence-electron chi connectivity index (χ4n) is 3.31. The van der Waals surface area contributed by atoms with Crippen molar-refractivity contribution in [3.8, 4) is 0 Å². The molecule has 0 atom stereocenters. The number of aryl methyl sites for hydroxylation is 1. The monoisotopic (exact) mass is 366 g/mol. The molecule has 4 rings (SSSR count). The van der Waals surface area contributed by atoms with E-state index in [0.29, 0.717) is 23.7 Å². The van der Waals surface area contributed by atoms with Gasteiger partial charge in [0.2, 0.25) is 0 Å². The van der Waals surface area contributed by atoms with E-state index in [1.807, 2.05) is 54.3 Å². The van der Waals surface area contributed by atoms with Crippen LogP contribution in [0.15, 0.2) is 48.7 Å². The van der Waals surface area contributed by atoms with Crippen LogP contribution in [0.3, 0.4) is 0 Å². The number of pyridine rings is 2. The third kappa shape index (κ3) is 3.22. The van der Waals surface area contributed by atoms with Crippen molar-refractivity contribution < 1.29 is 4.79 Å². The Morgan fingerprint density at radius 3 is 2.62 bits per heavy atom. The summed E-state index contributed by atoms with van der Waals surface area (Å²) in [4.78, 5) is 26.1. The molecular formula is C20H19ClN4O. The highest BCUT2D eigenvalue weighted by Gasteiger charge is 2.24. The average molecular weight is 367 g/mol. The summed E-state index contributed by atoms with van der Waals surface area (Å²) in [5.41, 5.74) is 2.24. The van der Waals surface area contributed by atoms with Crippen molar-refractivity contribution in [2.45, 2.75) is 6.92 Å². The highest BCUT2D eigenvalue weighted by molar-refractivity contribution is 6.31. The van der Waals surface area contributed by atoms with E-state index >= 15 is 0 Å². The molecule has 0 saturated carbocycles. The second kappa shape index (κ2) is 6.92. The van der Waals surface area contributed by atoms with Gasteiger partial charge in [0.15, 0.2) is 0 Å². The van der Waals surface area contributed by atoms with E-state index in [2.05, 4.69) is 14.9 Å². The van der Waals surface area contributed by atoms with Gasteiger partial charge in [0, 0.05) is 42.8 Å². The highest BCUT2D eigenvalue weighted by Crippen LogP contribution is 2.22. The van der Waals surface area contributed by atoms with Gasteiger partial charge in [0.25, 0.3) is 5.91 Å². The number of carbonyl (C=O) groups excluding carboxylic acids is 1. The van der Waals surface area contributed by atoms with Gasteiger partial charge in [-0.2, -0.15) is 0 Å². The largest absolute Gasteiger partial charge is 0.353 e. The maximum Gasteiger partial charge on any atom is 0.255 e. The minimum absolute atomic E-state index is 0.0255. The number of piperazine rings is 1. The number of anilines is 1. The maximum atomic E-state index is 13.0. The van der Waals surface area contributed by atoms with E-state index in [0.717, 1.165) is 35.5 Å².